The molecule has 1 N–H and O–H groups in total. The van der Waals surface area contributed by atoms with E-state index in [2.05, 4.69) is 5.32 Å². The first-order chi connectivity index (χ1) is 5.29. The number of rotatable bonds is 1. The molecule has 0 saturated carbocycles. The van der Waals surface area contributed by atoms with Gasteiger partial charge in [0.2, 0.25) is 0 Å². The second kappa shape index (κ2) is 3.20. The van der Waals surface area contributed by atoms with Gasteiger partial charge in [-0.15, -0.1) is 0 Å². The van der Waals surface area contributed by atoms with Crippen molar-refractivity contribution >= 4 is 0 Å². The molecule has 1 rings (SSSR count). The summed E-state index contributed by atoms with van der Waals surface area (Å²) in [5.74, 6) is 0. The summed E-state index contributed by atoms with van der Waals surface area (Å²) >= 11 is 0. The zero-order valence-corrected chi connectivity index (χ0v) is 6.26. The van der Waals surface area contributed by atoms with Crippen LogP contribution in [0.1, 0.15) is 6.42 Å². The predicted molar refractivity (Wildman–Crippen MR) is 40.4 cm³/mol. The van der Waals surface area contributed by atoms with Crippen LogP contribution in [0.3, 0.4) is 0 Å². The van der Waals surface area contributed by atoms with Gasteiger partial charge in [-0.25, -0.2) is 4.39 Å². The van der Waals surface area contributed by atoms with Crippen molar-refractivity contribution in [1.82, 2.24) is 5.32 Å². The van der Waals surface area contributed by atoms with E-state index < -0.39 is 6.17 Å². The quantitative estimate of drug-likeness (QED) is 0.614. The maximum absolute atomic E-state index is 12.9. The van der Waals surface area contributed by atoms with E-state index in [0.29, 0.717) is 12.1 Å². The average molecular weight is 152 g/mol. The number of nitrogens with one attached hydrogen (secondary N) is 1. The molecule has 2 nitrogen and oxygen atoms in total. The maximum atomic E-state index is 12.9. The fourth-order valence-corrected chi connectivity index (χ4v) is 1.03. The molecule has 58 valence electrons. The van der Waals surface area contributed by atoms with Crippen molar-refractivity contribution in [3.63, 3.8) is 0 Å². The second-order valence-electron chi connectivity index (χ2n) is 2.29. The smallest absolute Gasteiger partial charge is 0.140 e. The molecule has 0 aromatic carbocycles. The van der Waals surface area contributed by atoms with Gasteiger partial charge in [0.1, 0.15) is 6.17 Å². The second-order valence-corrected chi connectivity index (χ2v) is 2.29. The van der Waals surface area contributed by atoms with Gasteiger partial charge in [0, 0.05) is 13.5 Å². The lowest BCUT2D eigenvalue weighted by Crippen LogP contribution is -2.16. The van der Waals surface area contributed by atoms with E-state index in [-0.39, 0.29) is 5.57 Å². The van der Waals surface area contributed by atoms with Crippen LogP contribution in [0.2, 0.25) is 0 Å². The number of alkyl halides is 1. The van der Waals surface area contributed by atoms with Crippen LogP contribution in [-0.4, -0.2) is 13.2 Å². The highest BCUT2D eigenvalue weighted by molar-refractivity contribution is 5.39. The number of hydrogen-bond donors (Lipinski definition) is 1. The number of nitrogens with zero attached hydrogens (tertiary/aromatic N) is 1. The van der Waals surface area contributed by atoms with Gasteiger partial charge in [-0.1, -0.05) is 6.08 Å². The van der Waals surface area contributed by atoms with Gasteiger partial charge in [-0.3, -0.25) is 0 Å². The molecular weight excluding hydrogens is 143 g/mol. The molecule has 1 unspecified atom stereocenters. The topological polar surface area (TPSA) is 35.8 Å². The van der Waals surface area contributed by atoms with E-state index in [1.54, 1.807) is 19.2 Å². The van der Waals surface area contributed by atoms with Crippen LogP contribution in [0, 0.1) is 11.3 Å². The van der Waals surface area contributed by atoms with Crippen molar-refractivity contribution < 1.29 is 4.39 Å². The molecule has 1 atom stereocenters. The van der Waals surface area contributed by atoms with E-state index in [1.165, 1.54) is 0 Å². The summed E-state index contributed by atoms with van der Waals surface area (Å²) in [5, 5.41) is 11.3. The number of hydrogen-bond acceptors (Lipinski definition) is 2. The van der Waals surface area contributed by atoms with Crippen LogP contribution >= 0.6 is 0 Å². The van der Waals surface area contributed by atoms with Crippen molar-refractivity contribution in [2.24, 2.45) is 0 Å². The Bertz CT molecular complexity index is 247. The van der Waals surface area contributed by atoms with E-state index in [9.17, 15) is 4.39 Å². The Morgan fingerprint density at radius 1 is 1.82 bits per heavy atom. The Kier molecular flexibility index (Phi) is 2.27. The normalized spacial score (nSPS) is 23.2. The molecule has 0 amide bonds. The highest BCUT2D eigenvalue weighted by Crippen LogP contribution is 2.19. The molecule has 1 aliphatic rings. The summed E-state index contributed by atoms with van der Waals surface area (Å²) in [5.41, 5.74) is 0.793. The summed E-state index contributed by atoms with van der Waals surface area (Å²) in [6.45, 7) is 0. The molecule has 0 radical (unpaired) electrons. The molecule has 11 heavy (non-hydrogen) atoms. The summed E-state index contributed by atoms with van der Waals surface area (Å²) in [6, 6.07) is 1.85. The standard InChI is InChI=1S/C8H9FN2/c1-11-8-4-2-3-7(9)6(8)5-10/h2,4,7,11H,3H2,1H3. The summed E-state index contributed by atoms with van der Waals surface area (Å²) in [7, 11) is 1.68. The highest BCUT2D eigenvalue weighted by atomic mass is 19.1. The van der Waals surface area contributed by atoms with Crippen LogP contribution in [0.25, 0.3) is 0 Å². The summed E-state index contributed by atoms with van der Waals surface area (Å²) < 4.78 is 12.9. The van der Waals surface area contributed by atoms with Crippen LogP contribution in [-0.2, 0) is 0 Å². The number of halogens is 1. The van der Waals surface area contributed by atoms with Crippen molar-refractivity contribution in [2.45, 2.75) is 12.6 Å². The minimum atomic E-state index is -1.13. The van der Waals surface area contributed by atoms with Gasteiger partial charge >= 0.3 is 0 Å². The van der Waals surface area contributed by atoms with Crippen LogP contribution in [0.15, 0.2) is 23.4 Å². The van der Waals surface area contributed by atoms with Crippen molar-refractivity contribution in [3.05, 3.63) is 23.4 Å². The Labute approximate surface area is 65.0 Å². The third-order valence-electron chi connectivity index (χ3n) is 1.62. The Morgan fingerprint density at radius 3 is 3.00 bits per heavy atom. The molecule has 0 fully saturated rings. The van der Waals surface area contributed by atoms with Gasteiger partial charge < -0.3 is 5.32 Å². The van der Waals surface area contributed by atoms with E-state index in [4.69, 9.17) is 5.26 Å². The third-order valence-corrected chi connectivity index (χ3v) is 1.62. The zero-order chi connectivity index (χ0) is 8.27. The number of allylic oxidation sites excluding steroid dienone is 3. The maximum Gasteiger partial charge on any atom is 0.140 e. The van der Waals surface area contributed by atoms with E-state index >= 15 is 0 Å². The number of likely N-dealkylation sites (N-methyl/N-ethyl adjacent to an activating group) is 1. The summed E-state index contributed by atoms with van der Waals surface area (Å²) in [4.78, 5) is 0. The zero-order valence-electron chi connectivity index (χ0n) is 6.26. The fourth-order valence-electron chi connectivity index (χ4n) is 1.03. The Hall–Kier alpha value is -1.30. The molecule has 0 aromatic heterocycles. The lowest BCUT2D eigenvalue weighted by Gasteiger charge is -2.13. The number of nitriles is 1. The van der Waals surface area contributed by atoms with Crippen LogP contribution in [0.4, 0.5) is 4.39 Å². The minimum Gasteiger partial charge on any atom is -0.387 e. The molecule has 0 spiro atoms. The first-order valence-electron chi connectivity index (χ1n) is 3.42. The predicted octanol–water partition coefficient (Wildman–Crippen LogP) is 1.28. The van der Waals surface area contributed by atoms with Crippen molar-refractivity contribution in [3.8, 4) is 6.07 Å². The minimum absolute atomic E-state index is 0.204. The molecule has 0 aliphatic heterocycles. The first kappa shape index (κ1) is 7.80. The SMILES string of the molecule is CNC1=C(C#N)C(F)CC=C1. The van der Waals surface area contributed by atoms with E-state index in [0.717, 1.165) is 0 Å². The van der Waals surface area contributed by atoms with Crippen molar-refractivity contribution in [2.75, 3.05) is 7.05 Å². The first-order valence-corrected chi connectivity index (χ1v) is 3.42. The van der Waals surface area contributed by atoms with Gasteiger partial charge in [0.15, 0.2) is 0 Å². The van der Waals surface area contributed by atoms with Crippen molar-refractivity contribution in [1.29, 1.82) is 5.26 Å². The van der Waals surface area contributed by atoms with Gasteiger partial charge in [0.05, 0.1) is 17.3 Å². The summed E-state index contributed by atoms with van der Waals surface area (Å²) in [6.07, 6.45) is 2.63. The van der Waals surface area contributed by atoms with E-state index in [1.807, 2.05) is 6.07 Å². The third kappa shape index (κ3) is 1.40. The lowest BCUT2D eigenvalue weighted by atomic mass is 10.0. The average Bonchev–Trinajstić information content (AvgIpc) is 2.04. The molecule has 0 saturated heterocycles. The molecule has 0 heterocycles. The van der Waals surface area contributed by atoms with Gasteiger partial charge in [-0.05, 0) is 6.08 Å². The largest absolute Gasteiger partial charge is 0.387 e. The van der Waals surface area contributed by atoms with Crippen LogP contribution in [0.5, 0.6) is 0 Å². The monoisotopic (exact) mass is 152 g/mol. The van der Waals surface area contributed by atoms with Gasteiger partial charge in [-0.2, -0.15) is 5.26 Å². The molecule has 3 heteroatoms. The highest BCUT2D eigenvalue weighted by Gasteiger charge is 2.17. The lowest BCUT2D eigenvalue weighted by molar-refractivity contribution is 0.386. The molecule has 0 aromatic rings. The Morgan fingerprint density at radius 2 is 2.55 bits per heavy atom. The molecule has 0 bridgehead atoms. The molecular formula is C8H9FN2. The van der Waals surface area contributed by atoms with Crippen LogP contribution < -0.4 is 5.32 Å². The molecule has 1 aliphatic carbocycles. The van der Waals surface area contributed by atoms with Gasteiger partial charge in [0.25, 0.3) is 0 Å². The fraction of sp³-hybridized carbons (Fsp3) is 0.375. The Balaban J connectivity index is 2.98.